The minimum Gasteiger partial charge on any atom is -0.324 e. The van der Waals surface area contributed by atoms with Crippen LogP contribution in [-0.4, -0.2) is 5.91 Å². The van der Waals surface area contributed by atoms with Crippen molar-refractivity contribution in [2.75, 3.05) is 5.32 Å². The smallest absolute Gasteiger partial charge is 0.234 e. The molecule has 2 atom stereocenters. The Morgan fingerprint density at radius 2 is 2.10 bits per heavy atom. The van der Waals surface area contributed by atoms with Crippen molar-refractivity contribution in [2.45, 2.75) is 33.1 Å². The van der Waals surface area contributed by atoms with E-state index in [9.17, 15) is 4.79 Å². The van der Waals surface area contributed by atoms with E-state index in [0.29, 0.717) is 21.7 Å². The van der Waals surface area contributed by atoms with Gasteiger partial charge >= 0.3 is 0 Å². The van der Waals surface area contributed by atoms with E-state index in [1.165, 1.54) is 0 Å². The normalized spacial score (nSPS) is 29.7. The number of benzene rings is 1. The monoisotopic (exact) mass is 323 g/mol. The van der Waals surface area contributed by atoms with E-state index < -0.39 is 5.41 Å². The van der Waals surface area contributed by atoms with Gasteiger partial charge in [-0.25, -0.2) is 0 Å². The van der Waals surface area contributed by atoms with Gasteiger partial charge in [-0.15, -0.1) is 0 Å². The van der Waals surface area contributed by atoms with Gasteiger partial charge in [0.25, 0.3) is 0 Å². The van der Waals surface area contributed by atoms with E-state index in [1.54, 1.807) is 18.2 Å². The van der Waals surface area contributed by atoms with E-state index in [4.69, 9.17) is 23.2 Å². The number of halogens is 2. The molecule has 1 N–H and O–H groups in total. The van der Waals surface area contributed by atoms with Crippen LogP contribution in [0, 0.1) is 16.7 Å². The molecule has 1 amide bonds. The highest BCUT2D eigenvalue weighted by atomic mass is 35.5. The first kappa shape index (κ1) is 14.9. The zero-order valence-electron chi connectivity index (χ0n) is 12.3. The van der Waals surface area contributed by atoms with Crippen LogP contribution in [0.15, 0.2) is 30.4 Å². The highest BCUT2D eigenvalue weighted by Gasteiger charge is 2.60. The van der Waals surface area contributed by atoms with Gasteiger partial charge < -0.3 is 5.32 Å². The summed E-state index contributed by atoms with van der Waals surface area (Å²) in [6.45, 7) is 8.63. The predicted molar refractivity (Wildman–Crippen MR) is 87.8 cm³/mol. The Balaban J connectivity index is 1.90. The number of hydrogen-bond acceptors (Lipinski definition) is 1. The summed E-state index contributed by atoms with van der Waals surface area (Å²) in [6.07, 6.45) is 2.86. The van der Waals surface area contributed by atoms with E-state index in [2.05, 4.69) is 25.7 Å². The Kier molecular flexibility index (Phi) is 3.38. The number of fused-ring (bicyclic) bond motifs is 2. The van der Waals surface area contributed by atoms with Crippen LogP contribution in [0.1, 0.15) is 33.1 Å². The summed E-state index contributed by atoms with van der Waals surface area (Å²) in [5.41, 5.74) is 1.22. The molecular weight excluding hydrogens is 305 g/mol. The van der Waals surface area contributed by atoms with E-state index in [1.807, 2.05) is 0 Å². The molecule has 2 unspecified atom stereocenters. The summed E-state index contributed by atoms with van der Waals surface area (Å²) in [5.74, 6) is 0.551. The van der Waals surface area contributed by atoms with Gasteiger partial charge in [-0.2, -0.15) is 0 Å². The van der Waals surface area contributed by atoms with Crippen LogP contribution in [0.2, 0.25) is 10.0 Å². The van der Waals surface area contributed by atoms with Crippen LogP contribution in [0.3, 0.4) is 0 Å². The second-order valence-corrected chi connectivity index (χ2v) is 7.56. The second-order valence-electron chi connectivity index (χ2n) is 6.78. The Labute approximate surface area is 135 Å². The van der Waals surface area contributed by atoms with Gasteiger partial charge in [0.15, 0.2) is 0 Å². The fraction of sp³-hybridized carbons (Fsp3) is 0.471. The van der Waals surface area contributed by atoms with Crippen molar-refractivity contribution >= 4 is 34.8 Å². The van der Waals surface area contributed by atoms with Gasteiger partial charge in [0.05, 0.1) is 21.1 Å². The SMILES string of the molecule is C=C1C2(C(=O)Nc3cccc(Cl)c3Cl)CCC(C2)C1(C)C. The Morgan fingerprint density at radius 1 is 1.38 bits per heavy atom. The first-order chi connectivity index (χ1) is 9.79. The zero-order chi connectivity index (χ0) is 15.4. The molecule has 2 aliphatic rings. The molecule has 0 saturated heterocycles. The van der Waals surface area contributed by atoms with Crippen LogP contribution in [0.5, 0.6) is 0 Å². The molecule has 112 valence electrons. The number of amides is 1. The molecule has 0 heterocycles. The average Bonchev–Trinajstić information content (AvgIpc) is 2.96. The number of rotatable bonds is 2. The summed E-state index contributed by atoms with van der Waals surface area (Å²) >= 11 is 12.2. The molecule has 2 bridgehead atoms. The number of carbonyl (C=O) groups is 1. The van der Waals surface area contributed by atoms with Crippen LogP contribution in [0.4, 0.5) is 5.69 Å². The second kappa shape index (κ2) is 4.76. The van der Waals surface area contributed by atoms with Crippen LogP contribution >= 0.6 is 23.2 Å². The Morgan fingerprint density at radius 3 is 2.71 bits per heavy atom. The van der Waals surface area contributed by atoms with Crippen molar-refractivity contribution in [3.05, 3.63) is 40.4 Å². The van der Waals surface area contributed by atoms with Gasteiger partial charge in [0, 0.05) is 0 Å². The lowest BCUT2D eigenvalue weighted by atomic mass is 9.68. The summed E-state index contributed by atoms with van der Waals surface area (Å²) in [4.78, 5) is 12.9. The maximum absolute atomic E-state index is 12.9. The lowest BCUT2D eigenvalue weighted by molar-refractivity contribution is -0.123. The summed E-state index contributed by atoms with van der Waals surface area (Å²) in [7, 11) is 0. The summed E-state index contributed by atoms with van der Waals surface area (Å²) in [6, 6.07) is 5.27. The Hall–Kier alpha value is -0.990. The zero-order valence-corrected chi connectivity index (χ0v) is 13.8. The molecule has 0 radical (unpaired) electrons. The lowest BCUT2D eigenvalue weighted by Crippen LogP contribution is -2.37. The van der Waals surface area contributed by atoms with Gasteiger partial charge in [0.2, 0.25) is 5.91 Å². The van der Waals surface area contributed by atoms with Crippen molar-refractivity contribution in [3.8, 4) is 0 Å². The molecule has 2 nitrogen and oxygen atoms in total. The third-order valence-corrected chi connectivity index (χ3v) is 6.34. The van der Waals surface area contributed by atoms with Crippen molar-refractivity contribution in [1.82, 2.24) is 0 Å². The van der Waals surface area contributed by atoms with Crippen molar-refractivity contribution in [1.29, 1.82) is 0 Å². The molecule has 0 aromatic heterocycles. The molecular formula is C17H19Cl2NO. The Bertz CT molecular complexity index is 638. The van der Waals surface area contributed by atoms with Gasteiger partial charge in [-0.05, 0) is 42.7 Å². The molecule has 4 heteroatoms. The van der Waals surface area contributed by atoms with Crippen LogP contribution in [-0.2, 0) is 4.79 Å². The van der Waals surface area contributed by atoms with Gasteiger partial charge in [-0.1, -0.05) is 55.3 Å². The quantitative estimate of drug-likeness (QED) is 0.734. The third kappa shape index (κ3) is 2.03. The molecule has 1 aromatic rings. The standard InChI is InChI=1S/C17H19Cl2NO/c1-10-16(2,3)11-7-8-17(10,9-11)15(21)20-13-6-4-5-12(18)14(13)19/h4-6,11H,1,7-9H2,2-3H3,(H,20,21). The number of anilines is 1. The van der Waals surface area contributed by atoms with Gasteiger partial charge in [-0.3, -0.25) is 4.79 Å². The molecule has 1 aromatic carbocycles. The maximum Gasteiger partial charge on any atom is 0.234 e. The van der Waals surface area contributed by atoms with E-state index in [-0.39, 0.29) is 11.3 Å². The van der Waals surface area contributed by atoms with Crippen molar-refractivity contribution < 1.29 is 4.79 Å². The number of nitrogens with one attached hydrogen (secondary N) is 1. The molecule has 2 saturated carbocycles. The maximum atomic E-state index is 12.9. The fourth-order valence-corrected chi connectivity index (χ4v) is 4.33. The largest absolute Gasteiger partial charge is 0.324 e. The van der Waals surface area contributed by atoms with Crippen LogP contribution < -0.4 is 5.32 Å². The van der Waals surface area contributed by atoms with E-state index in [0.717, 1.165) is 24.8 Å². The summed E-state index contributed by atoms with van der Waals surface area (Å²) in [5, 5.41) is 3.80. The van der Waals surface area contributed by atoms with Crippen molar-refractivity contribution in [3.63, 3.8) is 0 Å². The lowest BCUT2D eigenvalue weighted by Gasteiger charge is -2.37. The molecule has 2 fully saturated rings. The first-order valence-electron chi connectivity index (χ1n) is 7.24. The first-order valence-corrected chi connectivity index (χ1v) is 8.00. The number of hydrogen-bond donors (Lipinski definition) is 1. The molecule has 0 spiro atoms. The number of carbonyl (C=O) groups excluding carboxylic acids is 1. The highest BCUT2D eigenvalue weighted by Crippen LogP contribution is 2.65. The topological polar surface area (TPSA) is 29.1 Å². The predicted octanol–water partition coefficient (Wildman–Crippen LogP) is 5.31. The molecule has 0 aliphatic heterocycles. The minimum atomic E-state index is -0.445. The molecule has 21 heavy (non-hydrogen) atoms. The van der Waals surface area contributed by atoms with Gasteiger partial charge in [0.1, 0.15) is 0 Å². The fourth-order valence-electron chi connectivity index (χ4n) is 3.98. The van der Waals surface area contributed by atoms with Crippen LogP contribution in [0.25, 0.3) is 0 Å². The van der Waals surface area contributed by atoms with E-state index >= 15 is 0 Å². The third-order valence-electron chi connectivity index (χ3n) is 5.52. The molecule has 2 aliphatic carbocycles. The van der Waals surface area contributed by atoms with Crippen molar-refractivity contribution in [2.24, 2.45) is 16.7 Å². The molecule has 3 rings (SSSR count). The highest BCUT2D eigenvalue weighted by molar-refractivity contribution is 6.44. The average molecular weight is 324 g/mol. The summed E-state index contributed by atoms with van der Waals surface area (Å²) < 4.78 is 0. The minimum absolute atomic E-state index is 0.00439.